The smallest absolute Gasteiger partial charge is 0.265 e. The first kappa shape index (κ1) is 26.8. The third-order valence-electron chi connectivity index (χ3n) is 7.23. The Balaban J connectivity index is 1.37. The van der Waals surface area contributed by atoms with E-state index in [0.717, 1.165) is 0 Å². The van der Waals surface area contributed by atoms with Gasteiger partial charge in [0.2, 0.25) is 0 Å². The molecule has 42 heavy (non-hydrogen) atoms. The van der Waals surface area contributed by atoms with E-state index in [2.05, 4.69) is 0 Å². The van der Waals surface area contributed by atoms with Gasteiger partial charge in [0.05, 0.1) is 24.5 Å². The molecule has 0 radical (unpaired) electrons. The number of ether oxygens (including phenoxy) is 2. The summed E-state index contributed by atoms with van der Waals surface area (Å²) >= 11 is 0. The number of fused-ring (bicyclic) bond motifs is 2. The van der Waals surface area contributed by atoms with Crippen molar-refractivity contribution in [2.75, 3.05) is 36.1 Å². The molecule has 10 heteroatoms. The van der Waals surface area contributed by atoms with Crippen molar-refractivity contribution in [2.45, 2.75) is 0 Å². The first-order valence-corrected chi connectivity index (χ1v) is 13.0. The van der Waals surface area contributed by atoms with Crippen molar-refractivity contribution >= 4 is 35.8 Å². The molecule has 0 unspecified atom stereocenters. The lowest BCUT2D eigenvalue weighted by Crippen LogP contribution is -2.39. The first-order chi connectivity index (χ1) is 20.4. The molecule has 2 heterocycles. The topological polar surface area (TPSA) is 93.2 Å². The summed E-state index contributed by atoms with van der Waals surface area (Å²) in [5, 5.41) is 0. The van der Waals surface area contributed by atoms with Crippen LogP contribution < -0.4 is 19.3 Å². The van der Waals surface area contributed by atoms with Crippen LogP contribution in [0.5, 0.6) is 11.5 Å². The van der Waals surface area contributed by atoms with E-state index in [1.165, 1.54) is 21.9 Å². The molecule has 8 nitrogen and oxygen atoms in total. The van der Waals surface area contributed by atoms with Gasteiger partial charge in [0, 0.05) is 22.3 Å². The van der Waals surface area contributed by atoms with Gasteiger partial charge in [0.15, 0.2) is 13.2 Å². The second-order valence-electron chi connectivity index (χ2n) is 9.62. The van der Waals surface area contributed by atoms with Crippen LogP contribution in [0.3, 0.4) is 0 Å². The van der Waals surface area contributed by atoms with Crippen molar-refractivity contribution in [3.63, 3.8) is 0 Å². The van der Waals surface area contributed by atoms with Gasteiger partial charge >= 0.3 is 0 Å². The van der Waals surface area contributed by atoms with Gasteiger partial charge in [0.1, 0.15) is 35.7 Å². The monoisotopic (exact) mass is 568 g/mol. The highest BCUT2D eigenvalue weighted by Gasteiger charge is 2.28. The molecule has 0 fully saturated rings. The van der Waals surface area contributed by atoms with Gasteiger partial charge in [-0.15, -0.1) is 0 Å². The maximum Gasteiger partial charge on any atom is 0.265 e. The SMILES string of the molecule is O=CCN1C(=O)COc2cc(-c3cccc(-c4cccc(-c5ccc6c(c5)OCC(=O)N6CC=O)c4F)c3F)ccc21. The fourth-order valence-electron chi connectivity index (χ4n) is 5.22. The van der Waals surface area contributed by atoms with Crippen molar-refractivity contribution in [1.82, 2.24) is 0 Å². The molecule has 2 amide bonds. The predicted octanol–water partition coefficient (Wildman–Crippen LogP) is 4.81. The maximum absolute atomic E-state index is 16.0. The Kier molecular flexibility index (Phi) is 6.95. The summed E-state index contributed by atoms with van der Waals surface area (Å²) in [5.74, 6) is -1.36. The van der Waals surface area contributed by atoms with Crippen LogP contribution in [0.25, 0.3) is 33.4 Å². The number of anilines is 2. The van der Waals surface area contributed by atoms with E-state index in [-0.39, 0.29) is 60.4 Å². The Labute approximate surface area is 238 Å². The number of halogens is 2. The van der Waals surface area contributed by atoms with Crippen molar-refractivity contribution < 1.29 is 37.4 Å². The van der Waals surface area contributed by atoms with Crippen molar-refractivity contribution in [1.29, 1.82) is 0 Å². The van der Waals surface area contributed by atoms with Crippen LogP contribution in [0.15, 0.2) is 72.8 Å². The third-order valence-corrected chi connectivity index (χ3v) is 7.23. The summed E-state index contributed by atoms with van der Waals surface area (Å²) in [6.07, 6.45) is 1.24. The van der Waals surface area contributed by atoms with E-state index in [9.17, 15) is 19.2 Å². The van der Waals surface area contributed by atoms with Gasteiger partial charge in [-0.3, -0.25) is 19.4 Å². The number of carbonyl (C=O) groups excluding carboxylic acids is 4. The molecule has 2 aliphatic heterocycles. The minimum atomic E-state index is -0.651. The number of hydrogen-bond acceptors (Lipinski definition) is 6. The summed E-state index contributed by atoms with van der Waals surface area (Å²) in [5.41, 5.74) is 2.20. The zero-order valence-electron chi connectivity index (χ0n) is 22.0. The molecule has 4 aromatic carbocycles. The number of carbonyl (C=O) groups is 4. The highest BCUT2D eigenvalue weighted by Crippen LogP contribution is 2.41. The van der Waals surface area contributed by atoms with E-state index in [0.29, 0.717) is 46.6 Å². The molecule has 0 spiro atoms. The fourth-order valence-corrected chi connectivity index (χ4v) is 5.22. The lowest BCUT2D eigenvalue weighted by molar-refractivity contribution is -0.122. The molecule has 0 saturated heterocycles. The van der Waals surface area contributed by atoms with Crippen LogP contribution in [-0.2, 0) is 19.2 Å². The van der Waals surface area contributed by atoms with Crippen LogP contribution >= 0.6 is 0 Å². The van der Waals surface area contributed by atoms with Crippen LogP contribution in [-0.4, -0.2) is 50.7 Å². The molecule has 210 valence electrons. The zero-order valence-corrected chi connectivity index (χ0v) is 22.0. The third kappa shape index (κ3) is 4.56. The molecule has 0 aliphatic carbocycles. The molecule has 4 aromatic rings. The molecular weight excluding hydrogens is 546 g/mol. The number of aldehydes is 2. The van der Waals surface area contributed by atoms with E-state index in [4.69, 9.17) is 9.47 Å². The van der Waals surface area contributed by atoms with Gasteiger partial charge in [-0.2, -0.15) is 0 Å². The first-order valence-electron chi connectivity index (χ1n) is 13.0. The standard InChI is InChI=1S/C32H22F2N2O6/c33-31-21(19-7-9-25-27(15-19)41-17-29(39)35(25)11-13-37)3-1-5-23(31)24-6-2-4-22(32(24)34)20-8-10-26-28(16-20)42-18-30(40)36(26)12-14-38/h1-10,13-16H,11-12,17-18H2. The van der Waals surface area contributed by atoms with Gasteiger partial charge in [-0.05, 0) is 35.4 Å². The molecule has 6 rings (SSSR count). The summed E-state index contributed by atoms with van der Waals surface area (Å²) in [4.78, 5) is 49.0. The summed E-state index contributed by atoms with van der Waals surface area (Å²) in [6, 6.07) is 18.9. The number of amides is 2. The minimum Gasteiger partial charge on any atom is -0.482 e. The van der Waals surface area contributed by atoms with Crippen molar-refractivity contribution in [3.8, 4) is 44.9 Å². The van der Waals surface area contributed by atoms with Gasteiger partial charge in [-0.1, -0.05) is 48.5 Å². The highest BCUT2D eigenvalue weighted by atomic mass is 19.1. The Morgan fingerprint density at radius 1 is 0.619 bits per heavy atom. The highest BCUT2D eigenvalue weighted by molar-refractivity contribution is 6.01. The van der Waals surface area contributed by atoms with Crippen LogP contribution in [0, 0.1) is 11.6 Å². The summed E-state index contributed by atoms with van der Waals surface area (Å²) in [7, 11) is 0. The average Bonchev–Trinajstić information content (AvgIpc) is 3.00. The fraction of sp³-hybridized carbons (Fsp3) is 0.125. The van der Waals surface area contributed by atoms with Gasteiger partial charge < -0.3 is 19.1 Å². The lowest BCUT2D eigenvalue weighted by Gasteiger charge is -2.28. The van der Waals surface area contributed by atoms with Crippen molar-refractivity contribution in [3.05, 3.63) is 84.4 Å². The molecule has 0 N–H and O–H groups in total. The molecule has 2 aliphatic rings. The maximum atomic E-state index is 16.0. The normalized spacial score (nSPS) is 14.0. The Morgan fingerprint density at radius 3 is 1.43 bits per heavy atom. The van der Waals surface area contributed by atoms with Crippen LogP contribution in [0.1, 0.15) is 0 Å². The van der Waals surface area contributed by atoms with Crippen molar-refractivity contribution in [2.24, 2.45) is 0 Å². The number of rotatable bonds is 7. The molecular formula is C32H22F2N2O6. The second kappa shape index (κ2) is 10.9. The predicted molar refractivity (Wildman–Crippen MR) is 150 cm³/mol. The molecule has 0 aromatic heterocycles. The average molecular weight is 569 g/mol. The van der Waals surface area contributed by atoms with E-state index >= 15 is 8.78 Å². The second-order valence-corrected chi connectivity index (χ2v) is 9.62. The van der Waals surface area contributed by atoms with E-state index in [1.54, 1.807) is 60.7 Å². The molecule has 0 atom stereocenters. The number of benzene rings is 4. The van der Waals surface area contributed by atoms with E-state index < -0.39 is 11.6 Å². The Hall–Kier alpha value is -5.38. The lowest BCUT2D eigenvalue weighted by atomic mass is 9.94. The quantitative estimate of drug-likeness (QED) is 0.297. The largest absolute Gasteiger partial charge is 0.482 e. The number of hydrogen-bond donors (Lipinski definition) is 0. The minimum absolute atomic E-state index is 0.0419. The van der Waals surface area contributed by atoms with E-state index in [1.807, 2.05) is 0 Å². The molecule has 0 bridgehead atoms. The zero-order chi connectivity index (χ0) is 29.4. The Morgan fingerprint density at radius 2 is 1.02 bits per heavy atom. The Bertz CT molecular complexity index is 1640. The van der Waals surface area contributed by atoms with Crippen LogP contribution in [0.4, 0.5) is 20.2 Å². The summed E-state index contributed by atoms with van der Waals surface area (Å²) in [6.45, 7) is -0.743. The van der Waals surface area contributed by atoms with Crippen LogP contribution in [0.2, 0.25) is 0 Å². The number of nitrogens with zero attached hydrogens (tertiary/aromatic N) is 2. The van der Waals surface area contributed by atoms with Gasteiger partial charge in [-0.25, -0.2) is 8.78 Å². The summed E-state index contributed by atoms with van der Waals surface area (Å²) < 4.78 is 43.1. The molecule has 0 saturated carbocycles. The van der Waals surface area contributed by atoms with Gasteiger partial charge in [0.25, 0.3) is 11.8 Å².